The second kappa shape index (κ2) is 5.40. The third-order valence-corrected chi connectivity index (χ3v) is 4.29. The summed E-state index contributed by atoms with van der Waals surface area (Å²) in [6.07, 6.45) is 7.31. The van der Waals surface area contributed by atoms with Crippen molar-refractivity contribution in [3.05, 3.63) is 24.0 Å². The molecule has 5 heteroatoms. The normalized spacial score (nSPS) is 20.9. The first kappa shape index (κ1) is 13.4. The number of anilines is 1. The Morgan fingerprint density at radius 1 is 1.45 bits per heavy atom. The van der Waals surface area contributed by atoms with Crippen LogP contribution in [0.2, 0.25) is 0 Å². The van der Waals surface area contributed by atoms with E-state index in [1.54, 1.807) is 16.8 Å². The van der Waals surface area contributed by atoms with Gasteiger partial charge in [0.25, 0.3) is 0 Å². The molecular weight excluding hydrogens is 250 g/mol. The zero-order valence-electron chi connectivity index (χ0n) is 12.3. The van der Waals surface area contributed by atoms with Gasteiger partial charge in [-0.25, -0.2) is 4.98 Å². The zero-order chi connectivity index (χ0) is 14.1. The maximum absolute atomic E-state index is 5.92. The minimum Gasteiger partial charge on any atom is -0.384 e. The average Bonchev–Trinajstić information content (AvgIpc) is 2.84. The number of piperidine rings is 1. The molecule has 3 rings (SSSR count). The molecule has 1 atom stereocenters. The first-order chi connectivity index (χ1) is 9.65. The summed E-state index contributed by atoms with van der Waals surface area (Å²) in [5.74, 6) is 1.34. The van der Waals surface area contributed by atoms with E-state index in [9.17, 15) is 0 Å². The molecule has 20 heavy (non-hydrogen) atoms. The Hall–Kier alpha value is -1.62. The highest BCUT2D eigenvalue weighted by Crippen LogP contribution is 2.24. The molecule has 0 bridgehead atoms. The molecule has 1 unspecified atom stereocenters. The van der Waals surface area contributed by atoms with E-state index < -0.39 is 0 Å². The molecule has 2 aromatic rings. The van der Waals surface area contributed by atoms with Gasteiger partial charge in [0, 0.05) is 24.3 Å². The van der Waals surface area contributed by atoms with Gasteiger partial charge in [-0.1, -0.05) is 0 Å². The maximum Gasteiger partial charge on any atom is 0.160 e. The lowest BCUT2D eigenvalue weighted by Crippen LogP contribution is -2.40. The number of nitrogens with two attached hydrogens (primary N) is 1. The first-order valence-electron chi connectivity index (χ1n) is 7.46. The van der Waals surface area contributed by atoms with Gasteiger partial charge in [0.05, 0.1) is 6.20 Å². The van der Waals surface area contributed by atoms with Gasteiger partial charge in [0.1, 0.15) is 5.82 Å². The summed E-state index contributed by atoms with van der Waals surface area (Å²) in [6, 6.07) is 2.42. The number of nitrogens with zero attached hydrogens (tertiary/aromatic N) is 4. The zero-order valence-corrected chi connectivity index (χ0v) is 12.3. The average molecular weight is 273 g/mol. The molecule has 0 aliphatic carbocycles. The lowest BCUT2D eigenvalue weighted by molar-refractivity contribution is 0.140. The Bertz CT molecular complexity index is 589. The van der Waals surface area contributed by atoms with Crippen LogP contribution in [-0.2, 0) is 6.42 Å². The lowest BCUT2D eigenvalue weighted by atomic mass is 9.91. The number of rotatable bonds is 3. The van der Waals surface area contributed by atoms with Crippen LogP contribution in [0.25, 0.3) is 5.65 Å². The summed E-state index contributed by atoms with van der Waals surface area (Å²) in [6.45, 7) is 6.96. The fourth-order valence-electron chi connectivity index (χ4n) is 3.15. The first-order valence-corrected chi connectivity index (χ1v) is 7.46. The second-order valence-corrected chi connectivity index (χ2v) is 6.08. The Labute approximate surface area is 119 Å². The predicted molar refractivity (Wildman–Crippen MR) is 80.5 cm³/mol. The van der Waals surface area contributed by atoms with Crippen molar-refractivity contribution in [2.75, 3.05) is 18.8 Å². The highest BCUT2D eigenvalue weighted by atomic mass is 15.3. The van der Waals surface area contributed by atoms with Crippen LogP contribution in [0, 0.1) is 5.92 Å². The van der Waals surface area contributed by atoms with Crippen LogP contribution < -0.4 is 5.73 Å². The quantitative estimate of drug-likeness (QED) is 0.929. The predicted octanol–water partition coefficient (Wildman–Crippen LogP) is 1.97. The van der Waals surface area contributed by atoms with Gasteiger partial charge in [-0.15, -0.1) is 0 Å². The highest BCUT2D eigenvalue weighted by molar-refractivity contribution is 5.51. The summed E-state index contributed by atoms with van der Waals surface area (Å²) >= 11 is 0. The SMILES string of the molecule is CC(C)N1CCCC(Cc2cnn3c(N)ccnc23)C1. The van der Waals surface area contributed by atoms with E-state index in [0.717, 1.165) is 12.1 Å². The van der Waals surface area contributed by atoms with Gasteiger partial charge >= 0.3 is 0 Å². The fourth-order valence-corrected chi connectivity index (χ4v) is 3.15. The van der Waals surface area contributed by atoms with Crippen molar-refractivity contribution in [3.63, 3.8) is 0 Å². The van der Waals surface area contributed by atoms with Crippen molar-refractivity contribution < 1.29 is 0 Å². The Morgan fingerprint density at radius 3 is 3.10 bits per heavy atom. The van der Waals surface area contributed by atoms with Crippen LogP contribution in [0.5, 0.6) is 0 Å². The minimum absolute atomic E-state index is 0.635. The number of hydrogen-bond acceptors (Lipinski definition) is 4. The van der Waals surface area contributed by atoms with E-state index in [1.807, 2.05) is 6.20 Å². The van der Waals surface area contributed by atoms with E-state index in [2.05, 4.69) is 28.8 Å². The maximum atomic E-state index is 5.92. The van der Waals surface area contributed by atoms with Gasteiger partial charge in [-0.05, 0) is 51.6 Å². The molecule has 1 saturated heterocycles. The summed E-state index contributed by atoms with van der Waals surface area (Å²) in [4.78, 5) is 7.00. The van der Waals surface area contributed by atoms with Crippen LogP contribution in [0.3, 0.4) is 0 Å². The van der Waals surface area contributed by atoms with Crippen molar-refractivity contribution >= 4 is 11.5 Å². The fraction of sp³-hybridized carbons (Fsp3) is 0.600. The largest absolute Gasteiger partial charge is 0.384 e. The van der Waals surface area contributed by atoms with Gasteiger partial charge < -0.3 is 10.6 Å². The molecule has 0 amide bonds. The molecule has 0 spiro atoms. The number of likely N-dealkylation sites (tertiary alicyclic amines) is 1. The van der Waals surface area contributed by atoms with Crippen LogP contribution in [0.1, 0.15) is 32.3 Å². The smallest absolute Gasteiger partial charge is 0.160 e. The van der Waals surface area contributed by atoms with E-state index in [-0.39, 0.29) is 0 Å². The highest BCUT2D eigenvalue weighted by Gasteiger charge is 2.23. The molecule has 5 nitrogen and oxygen atoms in total. The summed E-state index contributed by atoms with van der Waals surface area (Å²) in [5, 5.41) is 4.35. The van der Waals surface area contributed by atoms with E-state index in [0.29, 0.717) is 17.8 Å². The van der Waals surface area contributed by atoms with Gasteiger partial charge in [0.15, 0.2) is 5.65 Å². The standard InChI is InChI=1S/C15H23N5/c1-11(2)19-7-3-4-12(10-19)8-13-9-18-20-14(16)5-6-17-15(13)20/h5-6,9,11-12H,3-4,7-8,10,16H2,1-2H3. The van der Waals surface area contributed by atoms with Crippen molar-refractivity contribution in [1.82, 2.24) is 19.5 Å². The molecule has 0 radical (unpaired) electrons. The molecule has 0 saturated carbocycles. The van der Waals surface area contributed by atoms with Crippen molar-refractivity contribution in [2.24, 2.45) is 5.92 Å². The van der Waals surface area contributed by atoms with Crippen molar-refractivity contribution in [1.29, 1.82) is 0 Å². The van der Waals surface area contributed by atoms with Crippen LogP contribution in [0.4, 0.5) is 5.82 Å². The van der Waals surface area contributed by atoms with Crippen molar-refractivity contribution in [3.8, 4) is 0 Å². The molecule has 2 N–H and O–H groups in total. The monoisotopic (exact) mass is 273 g/mol. The van der Waals surface area contributed by atoms with Gasteiger partial charge in [0.2, 0.25) is 0 Å². The van der Waals surface area contributed by atoms with Crippen molar-refractivity contribution in [2.45, 2.75) is 39.2 Å². The molecule has 2 aromatic heterocycles. The summed E-state index contributed by atoms with van der Waals surface area (Å²) < 4.78 is 1.73. The summed E-state index contributed by atoms with van der Waals surface area (Å²) in [7, 11) is 0. The van der Waals surface area contributed by atoms with Gasteiger partial charge in [-0.2, -0.15) is 9.61 Å². The summed E-state index contributed by atoms with van der Waals surface area (Å²) in [5.41, 5.74) is 8.04. The van der Waals surface area contributed by atoms with E-state index in [1.165, 1.54) is 31.5 Å². The Morgan fingerprint density at radius 2 is 2.30 bits per heavy atom. The van der Waals surface area contributed by atoms with E-state index >= 15 is 0 Å². The molecule has 1 aliphatic heterocycles. The lowest BCUT2D eigenvalue weighted by Gasteiger charge is -2.35. The van der Waals surface area contributed by atoms with Gasteiger partial charge in [-0.3, -0.25) is 0 Å². The van der Waals surface area contributed by atoms with Crippen LogP contribution >= 0.6 is 0 Å². The number of aromatic nitrogens is 3. The molecule has 1 fully saturated rings. The van der Waals surface area contributed by atoms with E-state index in [4.69, 9.17) is 5.73 Å². The number of fused-ring (bicyclic) bond motifs is 1. The minimum atomic E-state index is 0.635. The van der Waals surface area contributed by atoms with Crippen LogP contribution in [0.15, 0.2) is 18.5 Å². The molecule has 0 aromatic carbocycles. The Kier molecular flexibility index (Phi) is 3.61. The Balaban J connectivity index is 1.78. The molecular formula is C15H23N5. The number of hydrogen-bond donors (Lipinski definition) is 1. The second-order valence-electron chi connectivity index (χ2n) is 6.08. The third-order valence-electron chi connectivity index (χ3n) is 4.29. The number of nitrogen functional groups attached to an aromatic ring is 1. The topological polar surface area (TPSA) is 59.5 Å². The van der Waals surface area contributed by atoms with Crippen LogP contribution in [-0.4, -0.2) is 38.6 Å². The molecule has 3 heterocycles. The third kappa shape index (κ3) is 2.50. The molecule has 108 valence electrons. The molecule has 1 aliphatic rings.